The third kappa shape index (κ3) is 2.26. The van der Waals surface area contributed by atoms with Gasteiger partial charge < -0.3 is 24.2 Å². The van der Waals surface area contributed by atoms with E-state index >= 15 is 0 Å². The number of benzene rings is 2. The third-order valence-corrected chi connectivity index (χ3v) is 5.06. The highest BCUT2D eigenvalue weighted by Crippen LogP contribution is 2.44. The first kappa shape index (κ1) is 15.0. The molecule has 5 rings (SSSR count). The predicted octanol–water partition coefficient (Wildman–Crippen LogP) is 3.18. The molecule has 3 aromatic rings. The molecule has 6 nitrogen and oxygen atoms in total. The monoisotopic (exact) mass is 347 g/mol. The highest BCUT2D eigenvalue weighted by atomic mass is 16.7. The van der Waals surface area contributed by atoms with Crippen LogP contribution in [0.2, 0.25) is 0 Å². The number of rotatable bonds is 3. The van der Waals surface area contributed by atoms with E-state index in [1.165, 1.54) is 0 Å². The second kappa shape index (κ2) is 5.91. The van der Waals surface area contributed by atoms with Gasteiger partial charge in [0.2, 0.25) is 12.7 Å². The van der Waals surface area contributed by atoms with E-state index in [2.05, 4.69) is 10.3 Å². The quantitative estimate of drug-likeness (QED) is 0.737. The van der Waals surface area contributed by atoms with Crippen LogP contribution in [0.1, 0.15) is 23.2 Å². The Labute approximate surface area is 150 Å². The number of imidazole rings is 1. The molecule has 3 heterocycles. The van der Waals surface area contributed by atoms with Gasteiger partial charge in [-0.15, -0.1) is 0 Å². The molecule has 130 valence electrons. The van der Waals surface area contributed by atoms with Crippen molar-refractivity contribution in [1.82, 2.24) is 9.55 Å². The van der Waals surface area contributed by atoms with Gasteiger partial charge in [0, 0.05) is 12.4 Å². The van der Waals surface area contributed by atoms with E-state index in [1.54, 1.807) is 6.20 Å². The molecular weight excluding hydrogens is 330 g/mol. The normalized spacial score (nSPS) is 23.2. The lowest BCUT2D eigenvalue weighted by atomic mass is 9.83. The molecule has 0 unspecified atom stereocenters. The minimum atomic E-state index is -0.292. The number of fused-ring (bicyclic) bond motifs is 2. The van der Waals surface area contributed by atoms with Gasteiger partial charge in [-0.1, -0.05) is 36.4 Å². The first-order valence-electron chi connectivity index (χ1n) is 8.54. The van der Waals surface area contributed by atoms with Gasteiger partial charge in [-0.3, -0.25) is 0 Å². The molecule has 2 aliphatic heterocycles. The molecule has 0 bridgehead atoms. The van der Waals surface area contributed by atoms with Crippen LogP contribution >= 0.6 is 0 Å². The lowest BCUT2D eigenvalue weighted by Crippen LogP contribution is -2.37. The highest BCUT2D eigenvalue weighted by Gasteiger charge is 2.39. The summed E-state index contributed by atoms with van der Waals surface area (Å²) in [6.07, 6.45) is 4.68. The van der Waals surface area contributed by atoms with Crippen molar-refractivity contribution in [2.24, 2.45) is 5.92 Å². The van der Waals surface area contributed by atoms with Crippen molar-refractivity contribution in [3.8, 4) is 11.5 Å². The van der Waals surface area contributed by atoms with Crippen molar-refractivity contribution in [1.29, 1.82) is 0 Å². The van der Waals surface area contributed by atoms with E-state index in [4.69, 9.17) is 9.47 Å². The van der Waals surface area contributed by atoms with Crippen LogP contribution in [0.25, 0.3) is 0 Å². The molecule has 26 heavy (non-hydrogen) atoms. The Hall–Kier alpha value is -3.28. The molecular formula is C20H17N3O3. The summed E-state index contributed by atoms with van der Waals surface area (Å²) in [5.74, 6) is 1.90. The Kier molecular flexibility index (Phi) is 3.41. The summed E-state index contributed by atoms with van der Waals surface area (Å²) >= 11 is 0. The summed E-state index contributed by atoms with van der Waals surface area (Å²) in [5, 5.41) is 3.41. The maximum Gasteiger partial charge on any atom is 0.231 e. The molecule has 2 aromatic carbocycles. The van der Waals surface area contributed by atoms with E-state index < -0.39 is 0 Å². The first-order chi connectivity index (χ1) is 12.8. The zero-order chi connectivity index (χ0) is 17.5. The van der Waals surface area contributed by atoms with Crippen LogP contribution < -0.4 is 14.8 Å². The standard InChI is InChI=1S/C20H17N3O3/c24-11-15-18(13-4-2-1-3-5-13)22-20-21-8-9-23(20)19(15)14-6-7-16-17(10-14)26-12-25-16/h1-11,15,18-19H,12H2,(H,21,22)/t15-,18-,19+/m0/s1. The van der Waals surface area contributed by atoms with Crippen LogP contribution in [0, 0.1) is 5.92 Å². The number of carbonyl (C=O) groups is 1. The summed E-state index contributed by atoms with van der Waals surface area (Å²) in [5.41, 5.74) is 2.05. The third-order valence-electron chi connectivity index (χ3n) is 5.06. The second-order valence-corrected chi connectivity index (χ2v) is 6.46. The molecule has 6 heteroatoms. The number of aromatic nitrogens is 2. The Morgan fingerprint density at radius 3 is 2.77 bits per heavy atom. The number of hydrogen-bond donors (Lipinski definition) is 1. The zero-order valence-electron chi connectivity index (χ0n) is 13.9. The molecule has 0 radical (unpaired) electrons. The highest BCUT2D eigenvalue weighted by molar-refractivity contribution is 5.62. The Balaban J connectivity index is 1.64. The maximum absolute atomic E-state index is 12.2. The zero-order valence-corrected chi connectivity index (χ0v) is 13.9. The minimum absolute atomic E-state index is 0.154. The number of nitrogens with one attached hydrogen (secondary N) is 1. The van der Waals surface area contributed by atoms with Gasteiger partial charge in [0.25, 0.3) is 0 Å². The number of ether oxygens (including phenoxy) is 2. The largest absolute Gasteiger partial charge is 0.454 e. The predicted molar refractivity (Wildman–Crippen MR) is 95.3 cm³/mol. The van der Waals surface area contributed by atoms with E-state index in [0.717, 1.165) is 29.1 Å². The van der Waals surface area contributed by atoms with Crippen molar-refractivity contribution >= 4 is 12.2 Å². The van der Waals surface area contributed by atoms with Crippen molar-refractivity contribution in [2.75, 3.05) is 12.1 Å². The van der Waals surface area contributed by atoms with Crippen LogP contribution in [0.4, 0.5) is 5.95 Å². The number of anilines is 1. The van der Waals surface area contributed by atoms with Gasteiger partial charge in [-0.05, 0) is 23.3 Å². The number of carbonyl (C=O) groups excluding carboxylic acids is 1. The van der Waals surface area contributed by atoms with Crippen molar-refractivity contribution < 1.29 is 14.3 Å². The van der Waals surface area contributed by atoms with Gasteiger partial charge in [0.05, 0.1) is 18.0 Å². The second-order valence-electron chi connectivity index (χ2n) is 6.46. The summed E-state index contributed by atoms with van der Waals surface area (Å²) in [6, 6.07) is 15.5. The fourth-order valence-corrected chi connectivity index (χ4v) is 3.85. The summed E-state index contributed by atoms with van der Waals surface area (Å²) < 4.78 is 13.0. The average molecular weight is 347 g/mol. The molecule has 2 aliphatic rings. The van der Waals surface area contributed by atoms with Crippen LogP contribution in [-0.2, 0) is 4.79 Å². The van der Waals surface area contributed by atoms with E-state index in [0.29, 0.717) is 5.75 Å². The fraction of sp³-hybridized carbons (Fsp3) is 0.200. The molecule has 0 fully saturated rings. The number of nitrogens with zero attached hydrogens (tertiary/aromatic N) is 2. The van der Waals surface area contributed by atoms with E-state index in [-0.39, 0.29) is 24.8 Å². The molecule has 0 saturated heterocycles. The molecule has 0 aliphatic carbocycles. The van der Waals surface area contributed by atoms with Gasteiger partial charge in [-0.25, -0.2) is 4.98 Å². The van der Waals surface area contributed by atoms with E-state index in [1.807, 2.05) is 59.3 Å². The van der Waals surface area contributed by atoms with Crippen LogP contribution in [0.5, 0.6) is 11.5 Å². The smallest absolute Gasteiger partial charge is 0.231 e. The average Bonchev–Trinajstić information content (AvgIpc) is 3.35. The first-order valence-corrected chi connectivity index (χ1v) is 8.54. The topological polar surface area (TPSA) is 65.4 Å². The maximum atomic E-state index is 12.2. The Morgan fingerprint density at radius 1 is 1.08 bits per heavy atom. The lowest BCUT2D eigenvalue weighted by Gasteiger charge is -2.38. The lowest BCUT2D eigenvalue weighted by molar-refractivity contribution is -0.112. The van der Waals surface area contributed by atoms with Crippen LogP contribution in [0.15, 0.2) is 60.9 Å². The molecule has 0 saturated carbocycles. The number of aldehydes is 1. The van der Waals surface area contributed by atoms with Crippen molar-refractivity contribution in [2.45, 2.75) is 12.1 Å². The summed E-state index contributed by atoms with van der Waals surface area (Å²) in [6.45, 7) is 0.227. The molecule has 1 aromatic heterocycles. The van der Waals surface area contributed by atoms with Crippen molar-refractivity contribution in [3.05, 3.63) is 72.1 Å². The fourth-order valence-electron chi connectivity index (χ4n) is 3.85. The summed E-state index contributed by atoms with van der Waals surface area (Å²) in [7, 11) is 0. The Morgan fingerprint density at radius 2 is 1.92 bits per heavy atom. The molecule has 3 atom stereocenters. The number of hydrogen-bond acceptors (Lipinski definition) is 5. The van der Waals surface area contributed by atoms with Gasteiger partial charge in [0.1, 0.15) is 6.29 Å². The van der Waals surface area contributed by atoms with Gasteiger partial charge in [-0.2, -0.15) is 0 Å². The molecule has 0 spiro atoms. The van der Waals surface area contributed by atoms with Crippen molar-refractivity contribution in [3.63, 3.8) is 0 Å². The molecule has 0 amide bonds. The van der Waals surface area contributed by atoms with Gasteiger partial charge in [0.15, 0.2) is 11.5 Å². The van der Waals surface area contributed by atoms with Crippen LogP contribution in [0.3, 0.4) is 0 Å². The van der Waals surface area contributed by atoms with Crippen LogP contribution in [-0.4, -0.2) is 22.6 Å². The SMILES string of the molecule is O=C[C@@H]1[C@@H](c2ccc3c(c2)OCO3)n2ccnc2N[C@H]1c1ccccc1. The Bertz CT molecular complexity index is 954. The van der Waals surface area contributed by atoms with E-state index in [9.17, 15) is 4.79 Å². The minimum Gasteiger partial charge on any atom is -0.454 e. The van der Waals surface area contributed by atoms with Gasteiger partial charge >= 0.3 is 0 Å². The summed E-state index contributed by atoms with van der Waals surface area (Å²) in [4.78, 5) is 16.6. The molecule has 1 N–H and O–H groups in total.